The number of ether oxygens (including phenoxy) is 1. The van der Waals surface area contributed by atoms with E-state index in [0.29, 0.717) is 0 Å². The zero-order chi connectivity index (χ0) is 9.59. The number of carbonyl (C=O) groups is 2. The van der Waals surface area contributed by atoms with Gasteiger partial charge in [-0.3, -0.25) is 0 Å². The van der Waals surface area contributed by atoms with Crippen molar-refractivity contribution in [3.63, 3.8) is 0 Å². The molecule has 0 aromatic heterocycles. The average Bonchev–Trinajstić information content (AvgIpc) is 2.60. The van der Waals surface area contributed by atoms with E-state index >= 15 is 0 Å². The molecule has 0 aliphatic carbocycles. The van der Waals surface area contributed by atoms with Gasteiger partial charge in [-0.05, 0) is 0 Å². The Labute approximate surface area is 130 Å². The Bertz CT molecular complexity index is 275. The number of fused-ring (bicyclic) bond motifs is 2. The minimum Gasteiger partial charge on any atom is -0.550 e. The number of hydrogen-bond donors (Lipinski definition) is 0. The monoisotopic (exact) mass is 228 g/mol. The molecule has 0 aromatic carbocycles. The first-order chi connectivity index (χ1) is 6.11. The van der Waals surface area contributed by atoms with E-state index < -0.39 is 36.0 Å². The fourth-order valence-electron chi connectivity index (χ4n) is 1.87. The van der Waals surface area contributed by atoms with Crippen LogP contribution in [0.1, 0.15) is 0 Å². The van der Waals surface area contributed by atoms with Crippen LogP contribution >= 0.6 is 0 Å². The topological polar surface area (TPSA) is 89.5 Å². The van der Waals surface area contributed by atoms with Gasteiger partial charge in [-0.25, -0.2) is 0 Å². The van der Waals surface area contributed by atoms with Gasteiger partial charge < -0.3 is 24.5 Å². The molecular weight excluding hydrogens is 222 g/mol. The van der Waals surface area contributed by atoms with E-state index in [1.807, 2.05) is 0 Å². The predicted octanol–water partition coefficient (Wildman–Crippen LogP) is -8.94. The smallest absolute Gasteiger partial charge is 0.550 e. The second-order valence-corrected chi connectivity index (χ2v) is 3.14. The third-order valence-corrected chi connectivity index (χ3v) is 2.44. The van der Waals surface area contributed by atoms with Crippen molar-refractivity contribution in [1.82, 2.24) is 0 Å². The summed E-state index contributed by atoms with van der Waals surface area (Å²) in [6.07, 6.45) is 1.76. The Morgan fingerprint density at radius 1 is 0.933 bits per heavy atom. The Morgan fingerprint density at radius 2 is 1.27 bits per heavy atom. The number of carboxylic acids is 2. The van der Waals surface area contributed by atoms with Gasteiger partial charge in [0.05, 0.1) is 12.2 Å². The van der Waals surface area contributed by atoms with Crippen molar-refractivity contribution in [2.24, 2.45) is 11.8 Å². The van der Waals surface area contributed by atoms with Crippen molar-refractivity contribution in [3.8, 4) is 0 Å². The molecule has 1 fully saturated rings. The van der Waals surface area contributed by atoms with Gasteiger partial charge in [0, 0.05) is 23.8 Å². The molecule has 2 rings (SSSR count). The molecule has 0 amide bonds. The van der Waals surface area contributed by atoms with Crippen molar-refractivity contribution in [3.05, 3.63) is 12.2 Å². The van der Waals surface area contributed by atoms with Crippen molar-refractivity contribution in [2.45, 2.75) is 12.2 Å². The second kappa shape index (κ2) is 5.82. The van der Waals surface area contributed by atoms with Crippen molar-refractivity contribution in [1.29, 1.82) is 0 Å². The van der Waals surface area contributed by atoms with Crippen LogP contribution in [-0.4, -0.2) is 24.1 Å². The minimum atomic E-state index is -1.40. The number of aliphatic carboxylic acids is 2. The van der Waals surface area contributed by atoms with E-state index in [2.05, 4.69) is 0 Å². The molecule has 0 saturated carbocycles. The normalized spacial score (nSPS) is 35.5. The zero-order valence-corrected chi connectivity index (χ0v) is 12.5. The molecule has 15 heavy (non-hydrogen) atoms. The molecule has 0 unspecified atom stereocenters. The Hall–Kier alpha value is 0.640. The van der Waals surface area contributed by atoms with Crippen LogP contribution in [0.5, 0.6) is 0 Å². The van der Waals surface area contributed by atoms with E-state index in [-0.39, 0.29) is 59.1 Å². The first kappa shape index (κ1) is 15.6. The first-order valence-electron chi connectivity index (χ1n) is 3.87. The summed E-state index contributed by atoms with van der Waals surface area (Å²) in [5.74, 6) is -5.02. The van der Waals surface area contributed by atoms with Crippen molar-refractivity contribution < 1.29 is 83.7 Å². The quantitative estimate of drug-likeness (QED) is 0.346. The van der Waals surface area contributed by atoms with Gasteiger partial charge in [-0.15, -0.1) is 0 Å². The molecule has 2 bridgehead atoms. The van der Waals surface area contributed by atoms with E-state index in [4.69, 9.17) is 4.74 Å². The maximum absolute atomic E-state index is 10.6. The molecule has 4 atom stereocenters. The van der Waals surface area contributed by atoms with Gasteiger partial charge in [0.1, 0.15) is 0 Å². The van der Waals surface area contributed by atoms with E-state index in [0.717, 1.165) is 0 Å². The molecule has 2 aliphatic heterocycles. The number of carbonyl (C=O) groups excluding carboxylic acids is 2. The zero-order valence-electron chi connectivity index (χ0n) is 8.51. The van der Waals surface area contributed by atoms with Crippen LogP contribution in [0.25, 0.3) is 0 Å². The first-order valence-corrected chi connectivity index (χ1v) is 3.87. The fourth-order valence-corrected chi connectivity index (χ4v) is 1.87. The summed E-state index contributed by atoms with van der Waals surface area (Å²) in [5, 5.41) is 21.2. The third kappa shape index (κ3) is 2.66. The summed E-state index contributed by atoms with van der Waals surface area (Å²) in [4.78, 5) is 21.2. The average molecular weight is 228 g/mol. The SMILES string of the molecule is O=C([O-])[C@@H]1[C@H](C(=O)[O-])[C@H]2C=C[C@H]1O2.[Na+].[Na+]. The molecule has 0 spiro atoms. The van der Waals surface area contributed by atoms with E-state index in [9.17, 15) is 19.8 Å². The van der Waals surface area contributed by atoms with Gasteiger partial charge >= 0.3 is 59.1 Å². The summed E-state index contributed by atoms with van der Waals surface area (Å²) in [6.45, 7) is 0. The molecule has 70 valence electrons. The Morgan fingerprint density at radius 3 is 1.53 bits per heavy atom. The predicted molar refractivity (Wildman–Crippen MR) is 34.8 cm³/mol. The van der Waals surface area contributed by atoms with Gasteiger partial charge in [-0.1, -0.05) is 12.2 Å². The van der Waals surface area contributed by atoms with E-state index in [1.54, 1.807) is 12.2 Å². The van der Waals surface area contributed by atoms with Crippen LogP contribution in [0.3, 0.4) is 0 Å². The molecule has 1 saturated heterocycles. The molecule has 2 aliphatic rings. The summed E-state index contributed by atoms with van der Waals surface area (Å²) in [5.41, 5.74) is 0. The van der Waals surface area contributed by atoms with E-state index in [1.165, 1.54) is 0 Å². The fraction of sp³-hybridized carbons (Fsp3) is 0.500. The van der Waals surface area contributed by atoms with Crippen LogP contribution in [0.15, 0.2) is 12.2 Å². The molecule has 0 N–H and O–H groups in total. The van der Waals surface area contributed by atoms with Gasteiger partial charge in [0.2, 0.25) is 0 Å². The number of rotatable bonds is 2. The van der Waals surface area contributed by atoms with Crippen molar-refractivity contribution >= 4 is 11.9 Å². The van der Waals surface area contributed by atoms with Crippen LogP contribution < -0.4 is 69.3 Å². The van der Waals surface area contributed by atoms with Gasteiger partial charge in [0.25, 0.3) is 0 Å². The Balaban J connectivity index is 0.000000980. The Kier molecular flexibility index (Phi) is 6.06. The van der Waals surface area contributed by atoms with Crippen LogP contribution in [0, 0.1) is 11.8 Å². The van der Waals surface area contributed by atoms with Crippen LogP contribution in [-0.2, 0) is 14.3 Å². The molecule has 7 heteroatoms. The maximum atomic E-state index is 10.6. The minimum absolute atomic E-state index is 0. The third-order valence-electron chi connectivity index (χ3n) is 2.44. The summed E-state index contributed by atoms with van der Waals surface area (Å²) >= 11 is 0. The molecule has 0 radical (unpaired) electrons. The molecule has 5 nitrogen and oxygen atoms in total. The van der Waals surface area contributed by atoms with Crippen molar-refractivity contribution in [2.75, 3.05) is 0 Å². The molecule has 0 aromatic rings. The summed E-state index contributed by atoms with van der Waals surface area (Å²) in [6, 6.07) is 0. The number of hydrogen-bond acceptors (Lipinski definition) is 5. The molecule has 2 heterocycles. The summed E-state index contributed by atoms with van der Waals surface area (Å²) < 4.78 is 5.07. The number of carboxylic acid groups (broad SMARTS) is 2. The second-order valence-electron chi connectivity index (χ2n) is 3.14. The van der Waals surface area contributed by atoms with Crippen LogP contribution in [0.4, 0.5) is 0 Å². The largest absolute Gasteiger partial charge is 1.00 e. The molecular formula is C8H6Na2O5. The standard InChI is InChI=1S/C8H8O5.2Na/c9-7(10)5-3-1-2-4(13-3)6(5)8(11)12;;/h1-6H,(H,9,10)(H,11,12);;/q;2*+1/p-2/t3-,4-,5-,6+;;/m1../s1. The van der Waals surface area contributed by atoms with Crippen LogP contribution in [0.2, 0.25) is 0 Å². The summed E-state index contributed by atoms with van der Waals surface area (Å²) in [7, 11) is 0. The van der Waals surface area contributed by atoms with Gasteiger partial charge in [0.15, 0.2) is 0 Å². The van der Waals surface area contributed by atoms with Gasteiger partial charge in [-0.2, -0.15) is 0 Å². The maximum Gasteiger partial charge on any atom is 1.00 e.